The first kappa shape index (κ1) is 8.63. The molecule has 2 heteroatoms. The molecule has 0 aliphatic rings. The monoisotopic (exact) mass is 128 g/mol. The van der Waals surface area contributed by atoms with Gasteiger partial charge in [-0.05, 0) is 20.9 Å². The molecule has 2 N–H and O–H groups in total. The molecule has 2 unspecified atom stereocenters. The van der Waals surface area contributed by atoms with E-state index in [1.807, 2.05) is 14.0 Å². The molecule has 0 aromatic carbocycles. The van der Waals surface area contributed by atoms with Crippen LogP contribution in [0.15, 0.2) is 0 Å². The van der Waals surface area contributed by atoms with E-state index in [1.54, 1.807) is 0 Å². The van der Waals surface area contributed by atoms with Gasteiger partial charge in [-0.25, -0.2) is 0 Å². The fraction of sp³-hybridized carbons (Fsp3) is 0.857. The summed E-state index contributed by atoms with van der Waals surface area (Å²) in [6.45, 7) is 5.99. The minimum atomic E-state index is 0.356. The van der Waals surface area contributed by atoms with Crippen molar-refractivity contribution in [3.8, 4) is 0 Å². The second-order valence-corrected chi connectivity index (χ2v) is 2.55. The van der Waals surface area contributed by atoms with Gasteiger partial charge in [-0.1, -0.05) is 6.92 Å². The van der Waals surface area contributed by atoms with E-state index < -0.39 is 0 Å². The van der Waals surface area contributed by atoms with Crippen LogP contribution in [0.2, 0.25) is 0 Å². The second-order valence-electron chi connectivity index (χ2n) is 2.55. The van der Waals surface area contributed by atoms with Crippen LogP contribution < -0.4 is 5.32 Å². The zero-order chi connectivity index (χ0) is 7.44. The van der Waals surface area contributed by atoms with E-state index in [-0.39, 0.29) is 0 Å². The molecule has 0 aromatic rings. The van der Waals surface area contributed by atoms with Crippen LogP contribution in [0, 0.1) is 11.3 Å². The predicted molar refractivity (Wildman–Crippen MR) is 41.1 cm³/mol. The molecule has 54 valence electrons. The molecular formula is C7H16N2. The van der Waals surface area contributed by atoms with Crippen molar-refractivity contribution in [1.82, 2.24) is 5.32 Å². The summed E-state index contributed by atoms with van der Waals surface area (Å²) in [5, 5.41) is 10.4. The van der Waals surface area contributed by atoms with Gasteiger partial charge in [0, 0.05) is 17.7 Å². The van der Waals surface area contributed by atoms with Crippen LogP contribution in [0.25, 0.3) is 0 Å². The molecule has 0 radical (unpaired) electrons. The molecular weight excluding hydrogens is 112 g/mol. The fourth-order valence-electron chi connectivity index (χ4n) is 0.625. The minimum absolute atomic E-state index is 0.356. The summed E-state index contributed by atoms with van der Waals surface area (Å²) < 4.78 is 0. The Morgan fingerprint density at radius 1 is 1.44 bits per heavy atom. The molecule has 0 saturated carbocycles. The largest absolute Gasteiger partial charge is 0.317 e. The first-order valence-electron chi connectivity index (χ1n) is 3.32. The van der Waals surface area contributed by atoms with E-state index in [0.717, 1.165) is 5.71 Å². The van der Waals surface area contributed by atoms with Crippen molar-refractivity contribution < 1.29 is 0 Å². The van der Waals surface area contributed by atoms with Gasteiger partial charge < -0.3 is 10.7 Å². The van der Waals surface area contributed by atoms with Gasteiger partial charge >= 0.3 is 0 Å². The smallest absolute Gasteiger partial charge is 0.0113 e. The molecule has 0 spiro atoms. The van der Waals surface area contributed by atoms with Crippen LogP contribution in [0.1, 0.15) is 20.8 Å². The maximum absolute atomic E-state index is 7.29. The Hall–Kier alpha value is -0.370. The van der Waals surface area contributed by atoms with E-state index in [4.69, 9.17) is 5.41 Å². The number of hydrogen-bond donors (Lipinski definition) is 2. The summed E-state index contributed by atoms with van der Waals surface area (Å²) in [5.74, 6) is 0.356. The van der Waals surface area contributed by atoms with E-state index in [0.29, 0.717) is 12.0 Å². The Morgan fingerprint density at radius 3 is 2.00 bits per heavy atom. The van der Waals surface area contributed by atoms with Crippen molar-refractivity contribution in [2.45, 2.75) is 26.8 Å². The van der Waals surface area contributed by atoms with Crippen molar-refractivity contribution in [2.75, 3.05) is 7.05 Å². The van der Waals surface area contributed by atoms with Gasteiger partial charge in [-0.2, -0.15) is 0 Å². The van der Waals surface area contributed by atoms with Gasteiger partial charge in [0.05, 0.1) is 0 Å². The summed E-state index contributed by atoms with van der Waals surface area (Å²) in [6.07, 6.45) is 0. The third-order valence-electron chi connectivity index (χ3n) is 1.89. The van der Waals surface area contributed by atoms with Crippen molar-refractivity contribution in [3.63, 3.8) is 0 Å². The van der Waals surface area contributed by atoms with Crippen molar-refractivity contribution in [3.05, 3.63) is 0 Å². The molecule has 0 aliphatic heterocycles. The molecule has 2 nitrogen and oxygen atoms in total. The lowest BCUT2D eigenvalue weighted by Crippen LogP contribution is -2.32. The number of rotatable bonds is 3. The zero-order valence-electron chi connectivity index (χ0n) is 6.65. The van der Waals surface area contributed by atoms with Gasteiger partial charge in [-0.15, -0.1) is 0 Å². The maximum atomic E-state index is 7.29. The molecule has 9 heavy (non-hydrogen) atoms. The van der Waals surface area contributed by atoms with Crippen molar-refractivity contribution >= 4 is 5.71 Å². The van der Waals surface area contributed by atoms with E-state index >= 15 is 0 Å². The second kappa shape index (κ2) is 3.62. The molecule has 0 bridgehead atoms. The van der Waals surface area contributed by atoms with Gasteiger partial charge in [0.15, 0.2) is 0 Å². The Labute approximate surface area is 57.2 Å². The molecule has 0 rings (SSSR count). The zero-order valence-corrected chi connectivity index (χ0v) is 6.65. The highest BCUT2D eigenvalue weighted by Gasteiger charge is 2.10. The standard InChI is InChI=1S/C7H16N2/c1-5(6(2)8)7(3)9-4/h5,7-9H,1-4H3. The Bertz CT molecular complexity index is 99.1. The van der Waals surface area contributed by atoms with E-state index in [1.165, 1.54) is 0 Å². The minimum Gasteiger partial charge on any atom is -0.317 e. The highest BCUT2D eigenvalue weighted by Crippen LogP contribution is 2.02. The van der Waals surface area contributed by atoms with Crippen LogP contribution in [-0.2, 0) is 0 Å². The average molecular weight is 128 g/mol. The first-order chi connectivity index (χ1) is 4.09. The van der Waals surface area contributed by atoms with Crippen molar-refractivity contribution in [1.29, 1.82) is 5.41 Å². The molecule has 0 heterocycles. The van der Waals surface area contributed by atoms with Gasteiger partial charge in [0.25, 0.3) is 0 Å². The first-order valence-corrected chi connectivity index (χ1v) is 3.32. The van der Waals surface area contributed by atoms with E-state index in [2.05, 4.69) is 19.2 Å². The average Bonchev–Trinajstić information content (AvgIpc) is 1.84. The summed E-state index contributed by atoms with van der Waals surface area (Å²) in [4.78, 5) is 0. The Morgan fingerprint density at radius 2 is 1.89 bits per heavy atom. The molecule has 0 aliphatic carbocycles. The third kappa shape index (κ3) is 2.61. The highest BCUT2D eigenvalue weighted by molar-refractivity contribution is 5.81. The summed E-state index contributed by atoms with van der Waals surface area (Å²) >= 11 is 0. The molecule has 0 saturated heterocycles. The predicted octanol–water partition coefficient (Wildman–Crippen LogP) is 1.27. The lowest BCUT2D eigenvalue weighted by atomic mass is 9.99. The molecule has 0 amide bonds. The summed E-state index contributed by atoms with van der Waals surface area (Å²) in [5.41, 5.74) is 0.747. The van der Waals surface area contributed by atoms with Crippen LogP contribution in [-0.4, -0.2) is 18.8 Å². The molecule has 0 fully saturated rings. The fourth-order valence-corrected chi connectivity index (χ4v) is 0.625. The van der Waals surface area contributed by atoms with Gasteiger partial charge in [-0.3, -0.25) is 0 Å². The van der Waals surface area contributed by atoms with E-state index in [9.17, 15) is 0 Å². The SMILES string of the molecule is CNC(C)C(C)C(C)=N. The lowest BCUT2D eigenvalue weighted by molar-refractivity contribution is 0.518. The number of hydrogen-bond acceptors (Lipinski definition) is 2. The van der Waals surface area contributed by atoms with Gasteiger partial charge in [0.2, 0.25) is 0 Å². The molecule has 2 atom stereocenters. The van der Waals surface area contributed by atoms with Gasteiger partial charge in [0.1, 0.15) is 0 Å². The Balaban J connectivity index is 3.72. The van der Waals surface area contributed by atoms with Crippen LogP contribution >= 0.6 is 0 Å². The Kier molecular flexibility index (Phi) is 3.47. The summed E-state index contributed by atoms with van der Waals surface area (Å²) in [6, 6.07) is 0.419. The number of nitrogens with one attached hydrogen (secondary N) is 2. The third-order valence-corrected chi connectivity index (χ3v) is 1.89. The molecule has 0 aromatic heterocycles. The van der Waals surface area contributed by atoms with Crippen LogP contribution in [0.3, 0.4) is 0 Å². The maximum Gasteiger partial charge on any atom is 0.0113 e. The van der Waals surface area contributed by atoms with Crippen LogP contribution in [0.4, 0.5) is 0 Å². The lowest BCUT2D eigenvalue weighted by Gasteiger charge is -2.17. The summed E-state index contributed by atoms with van der Waals surface area (Å²) in [7, 11) is 1.92. The topological polar surface area (TPSA) is 35.9 Å². The van der Waals surface area contributed by atoms with Crippen LogP contribution in [0.5, 0.6) is 0 Å². The normalized spacial score (nSPS) is 16.9. The van der Waals surface area contributed by atoms with Crippen molar-refractivity contribution in [2.24, 2.45) is 5.92 Å². The highest BCUT2D eigenvalue weighted by atomic mass is 14.9. The quantitative estimate of drug-likeness (QED) is 0.552.